The Bertz CT molecular complexity index is 828. The number of nitriles is 1. The number of carbonyl (C=O) groups excluding carboxylic acids is 1. The summed E-state index contributed by atoms with van der Waals surface area (Å²) in [7, 11) is 0. The molecule has 0 radical (unpaired) electrons. The van der Waals surface area contributed by atoms with Gasteiger partial charge < -0.3 is 10.1 Å². The van der Waals surface area contributed by atoms with Gasteiger partial charge in [0.15, 0.2) is 0 Å². The average Bonchev–Trinajstić information content (AvgIpc) is 2.55. The molecule has 4 nitrogen and oxygen atoms in total. The minimum absolute atomic E-state index is 0.0433. The van der Waals surface area contributed by atoms with Crippen LogP contribution in [0.1, 0.15) is 12.5 Å². The summed E-state index contributed by atoms with van der Waals surface area (Å²) in [5.74, 6) is 0.0583. The smallest absolute Gasteiger partial charge is 0.266 e. The van der Waals surface area contributed by atoms with Gasteiger partial charge >= 0.3 is 0 Å². The summed E-state index contributed by atoms with van der Waals surface area (Å²) in [5.41, 5.74) is 1.12. The zero-order valence-electron chi connectivity index (χ0n) is 12.8. The van der Waals surface area contributed by atoms with Gasteiger partial charge in [0.05, 0.1) is 6.61 Å². The quantitative estimate of drug-likeness (QED) is 0.559. The number of carbonyl (C=O) groups is 1. The molecule has 1 N–H and O–H groups in total. The van der Waals surface area contributed by atoms with Crippen LogP contribution in [0.15, 0.2) is 52.5 Å². The van der Waals surface area contributed by atoms with Crippen LogP contribution in [0.25, 0.3) is 6.08 Å². The van der Waals surface area contributed by atoms with Crippen molar-refractivity contribution >= 4 is 45.2 Å². The molecule has 0 unspecified atom stereocenters. The number of anilines is 1. The lowest BCUT2D eigenvalue weighted by molar-refractivity contribution is -0.112. The van der Waals surface area contributed by atoms with Gasteiger partial charge in [-0.25, -0.2) is 0 Å². The molecule has 122 valence electrons. The molecule has 2 aromatic rings. The third-order valence-corrected chi connectivity index (χ3v) is 3.75. The Kier molecular flexibility index (Phi) is 6.42. The van der Waals surface area contributed by atoms with Crippen LogP contribution in [-0.2, 0) is 4.79 Å². The minimum atomic E-state index is -0.502. The second kappa shape index (κ2) is 8.53. The fourth-order valence-corrected chi connectivity index (χ4v) is 2.57. The first-order chi connectivity index (χ1) is 11.5. The van der Waals surface area contributed by atoms with E-state index in [4.69, 9.17) is 16.3 Å². The molecular formula is C18H14BrClN2O2. The number of halogens is 2. The number of ether oxygens (including phenoxy) is 1. The summed E-state index contributed by atoms with van der Waals surface area (Å²) in [6, 6.07) is 14.1. The SMILES string of the molecule is CCOc1ccc(Cl)cc1/C=C(/C#N)C(=O)Nc1cccc(Br)c1. The van der Waals surface area contributed by atoms with E-state index in [-0.39, 0.29) is 5.57 Å². The number of hydrogen-bond acceptors (Lipinski definition) is 3. The molecule has 2 rings (SSSR count). The molecule has 0 saturated carbocycles. The van der Waals surface area contributed by atoms with Crippen molar-refractivity contribution in [2.75, 3.05) is 11.9 Å². The van der Waals surface area contributed by atoms with Crippen LogP contribution >= 0.6 is 27.5 Å². The largest absolute Gasteiger partial charge is 0.493 e. The summed E-state index contributed by atoms with van der Waals surface area (Å²) >= 11 is 9.33. The molecule has 0 aliphatic heterocycles. The zero-order chi connectivity index (χ0) is 17.5. The molecule has 0 aromatic heterocycles. The van der Waals surface area contributed by atoms with E-state index in [9.17, 15) is 10.1 Å². The lowest BCUT2D eigenvalue weighted by Crippen LogP contribution is -2.13. The summed E-state index contributed by atoms with van der Waals surface area (Å²) < 4.78 is 6.33. The third kappa shape index (κ3) is 4.85. The van der Waals surface area contributed by atoms with Crippen LogP contribution in [-0.4, -0.2) is 12.5 Å². The summed E-state index contributed by atoms with van der Waals surface area (Å²) in [5, 5.41) is 12.5. The van der Waals surface area contributed by atoms with Crippen molar-refractivity contribution in [1.29, 1.82) is 5.26 Å². The highest BCUT2D eigenvalue weighted by molar-refractivity contribution is 9.10. The predicted octanol–water partition coefficient (Wildman–Crippen LogP) is 5.05. The van der Waals surface area contributed by atoms with Gasteiger partial charge in [0.25, 0.3) is 5.91 Å². The maximum atomic E-state index is 12.3. The van der Waals surface area contributed by atoms with Crippen LogP contribution in [0.5, 0.6) is 5.75 Å². The normalized spacial score (nSPS) is 10.8. The Morgan fingerprint density at radius 2 is 2.17 bits per heavy atom. The van der Waals surface area contributed by atoms with Crippen LogP contribution in [0.4, 0.5) is 5.69 Å². The van der Waals surface area contributed by atoms with Gasteiger partial charge in [0, 0.05) is 20.7 Å². The topological polar surface area (TPSA) is 62.1 Å². The summed E-state index contributed by atoms with van der Waals surface area (Å²) in [6.07, 6.45) is 1.46. The first-order valence-electron chi connectivity index (χ1n) is 7.14. The van der Waals surface area contributed by atoms with Crippen LogP contribution in [0, 0.1) is 11.3 Å². The van der Waals surface area contributed by atoms with Gasteiger partial charge in [0.2, 0.25) is 0 Å². The molecule has 0 fully saturated rings. The lowest BCUT2D eigenvalue weighted by atomic mass is 10.1. The fourth-order valence-electron chi connectivity index (χ4n) is 1.99. The molecule has 2 aromatic carbocycles. The predicted molar refractivity (Wildman–Crippen MR) is 99.0 cm³/mol. The van der Waals surface area contributed by atoms with Crippen molar-refractivity contribution in [2.24, 2.45) is 0 Å². The van der Waals surface area contributed by atoms with Crippen molar-refractivity contribution in [3.63, 3.8) is 0 Å². The number of amides is 1. The van der Waals surface area contributed by atoms with Crippen molar-refractivity contribution in [3.8, 4) is 11.8 Å². The Hall–Kier alpha value is -2.29. The van der Waals surface area contributed by atoms with Gasteiger partial charge in [-0.2, -0.15) is 5.26 Å². The molecule has 0 aliphatic carbocycles. The average molecular weight is 406 g/mol. The molecule has 0 heterocycles. The molecular weight excluding hydrogens is 392 g/mol. The van der Waals surface area contributed by atoms with Gasteiger partial charge in [-0.15, -0.1) is 0 Å². The highest BCUT2D eigenvalue weighted by Crippen LogP contribution is 2.26. The van der Waals surface area contributed by atoms with E-state index in [2.05, 4.69) is 21.2 Å². The zero-order valence-corrected chi connectivity index (χ0v) is 15.2. The van der Waals surface area contributed by atoms with Crippen LogP contribution in [0.2, 0.25) is 5.02 Å². The highest BCUT2D eigenvalue weighted by atomic mass is 79.9. The highest BCUT2D eigenvalue weighted by Gasteiger charge is 2.12. The molecule has 0 atom stereocenters. The third-order valence-electron chi connectivity index (χ3n) is 3.02. The van der Waals surface area contributed by atoms with Gasteiger partial charge in [0.1, 0.15) is 17.4 Å². The number of hydrogen-bond donors (Lipinski definition) is 1. The lowest BCUT2D eigenvalue weighted by Gasteiger charge is -2.09. The van der Waals surface area contributed by atoms with Crippen LogP contribution < -0.4 is 10.1 Å². The van der Waals surface area contributed by atoms with Gasteiger partial charge in [-0.05, 0) is 49.4 Å². The summed E-state index contributed by atoms with van der Waals surface area (Å²) in [4.78, 5) is 12.3. The van der Waals surface area contributed by atoms with E-state index < -0.39 is 5.91 Å². The van der Waals surface area contributed by atoms with Gasteiger partial charge in [-0.1, -0.05) is 33.6 Å². The van der Waals surface area contributed by atoms with E-state index >= 15 is 0 Å². The van der Waals surface area contributed by atoms with Crippen molar-refractivity contribution in [2.45, 2.75) is 6.92 Å². The molecule has 0 spiro atoms. The Morgan fingerprint density at radius 1 is 1.38 bits per heavy atom. The van der Waals surface area contributed by atoms with Crippen LogP contribution in [0.3, 0.4) is 0 Å². The van der Waals surface area contributed by atoms with Crippen molar-refractivity contribution < 1.29 is 9.53 Å². The van der Waals surface area contributed by atoms with Crippen molar-refractivity contribution in [1.82, 2.24) is 0 Å². The fraction of sp³-hybridized carbons (Fsp3) is 0.111. The maximum Gasteiger partial charge on any atom is 0.266 e. The first-order valence-corrected chi connectivity index (χ1v) is 8.31. The number of nitrogens with zero attached hydrogens (tertiary/aromatic N) is 1. The monoisotopic (exact) mass is 404 g/mol. The molecule has 0 aliphatic rings. The maximum absolute atomic E-state index is 12.3. The van der Waals surface area contributed by atoms with E-state index in [1.165, 1.54) is 6.08 Å². The van der Waals surface area contributed by atoms with E-state index in [0.717, 1.165) is 4.47 Å². The Balaban J connectivity index is 2.30. The van der Waals surface area contributed by atoms with E-state index in [0.29, 0.717) is 28.6 Å². The number of rotatable bonds is 5. The minimum Gasteiger partial charge on any atom is -0.493 e. The molecule has 0 bridgehead atoms. The molecule has 1 amide bonds. The first kappa shape index (κ1) is 18.1. The summed E-state index contributed by atoms with van der Waals surface area (Å²) in [6.45, 7) is 2.32. The molecule has 6 heteroatoms. The molecule has 24 heavy (non-hydrogen) atoms. The second-order valence-electron chi connectivity index (χ2n) is 4.75. The van der Waals surface area contributed by atoms with E-state index in [1.54, 1.807) is 36.4 Å². The van der Waals surface area contributed by atoms with E-state index in [1.807, 2.05) is 19.1 Å². The Labute approximate surface area is 153 Å². The standard InChI is InChI=1S/C18H14BrClN2O2/c1-2-24-17-7-6-15(20)9-12(17)8-13(11-21)18(23)22-16-5-3-4-14(19)10-16/h3-10H,2H2,1H3,(H,22,23)/b13-8-. The number of benzene rings is 2. The van der Waals surface area contributed by atoms with Gasteiger partial charge in [-0.3, -0.25) is 4.79 Å². The second-order valence-corrected chi connectivity index (χ2v) is 6.10. The molecule has 0 saturated heterocycles. The number of nitrogens with one attached hydrogen (secondary N) is 1. The Morgan fingerprint density at radius 3 is 2.83 bits per heavy atom. The van der Waals surface area contributed by atoms with Crippen molar-refractivity contribution in [3.05, 3.63) is 63.1 Å².